The molecule has 0 aliphatic rings. The summed E-state index contributed by atoms with van der Waals surface area (Å²) in [4.78, 5) is 22.5. The molecule has 0 fully saturated rings. The zero-order valence-corrected chi connectivity index (χ0v) is 17.3. The van der Waals surface area contributed by atoms with E-state index in [0.717, 1.165) is 17.5 Å². The van der Waals surface area contributed by atoms with E-state index in [4.69, 9.17) is 14.5 Å². The fourth-order valence-electron chi connectivity index (χ4n) is 2.90. The van der Waals surface area contributed by atoms with Crippen molar-refractivity contribution in [1.29, 1.82) is 0 Å². The SMILES string of the molecule is COc1cc(-c2ccc(C=O)c(CN(C)c3cnn(C(C)C)c3)n2)cnc1OC. The van der Waals surface area contributed by atoms with Crippen LogP contribution in [0.4, 0.5) is 5.69 Å². The summed E-state index contributed by atoms with van der Waals surface area (Å²) in [6, 6.07) is 5.66. The van der Waals surface area contributed by atoms with Gasteiger partial charge in [0.1, 0.15) is 0 Å². The molecule has 3 aromatic heterocycles. The fourth-order valence-corrected chi connectivity index (χ4v) is 2.90. The Hall–Kier alpha value is -3.42. The Morgan fingerprint density at radius 1 is 1.21 bits per heavy atom. The molecule has 0 radical (unpaired) electrons. The number of ether oxygens (including phenoxy) is 2. The van der Waals surface area contributed by atoms with E-state index in [1.807, 2.05) is 35.1 Å². The predicted octanol–water partition coefficient (Wildman–Crippen LogP) is 3.39. The van der Waals surface area contributed by atoms with Crippen LogP contribution in [-0.4, -0.2) is 47.3 Å². The maximum atomic E-state index is 11.5. The Kier molecular flexibility index (Phi) is 6.11. The Bertz CT molecular complexity index is 1000. The minimum Gasteiger partial charge on any atom is -0.491 e. The molecular weight excluding hydrogens is 370 g/mol. The number of carbonyl (C=O) groups excluding carboxylic acids is 1. The van der Waals surface area contributed by atoms with E-state index in [9.17, 15) is 4.79 Å². The van der Waals surface area contributed by atoms with Crippen molar-refractivity contribution in [2.45, 2.75) is 26.4 Å². The molecule has 0 saturated carbocycles. The average molecular weight is 395 g/mol. The number of pyridine rings is 2. The number of methoxy groups -OCH3 is 2. The standard InChI is InChI=1S/C21H25N5O3/c1-14(2)26-11-17(10-23-26)25(3)12-19-15(13-27)6-7-18(24-19)16-8-20(28-4)21(29-5)22-9-16/h6-11,13-14H,12H2,1-5H3. The summed E-state index contributed by atoms with van der Waals surface area (Å²) in [5.41, 5.74) is 3.65. The minimum absolute atomic E-state index is 0.279. The highest BCUT2D eigenvalue weighted by Crippen LogP contribution is 2.29. The largest absolute Gasteiger partial charge is 0.491 e. The van der Waals surface area contributed by atoms with Gasteiger partial charge in [-0.15, -0.1) is 0 Å². The molecule has 0 atom stereocenters. The summed E-state index contributed by atoms with van der Waals surface area (Å²) in [6.07, 6.45) is 6.28. The van der Waals surface area contributed by atoms with Crippen LogP contribution < -0.4 is 14.4 Å². The van der Waals surface area contributed by atoms with E-state index in [0.29, 0.717) is 35.1 Å². The molecule has 3 rings (SSSR count). The van der Waals surface area contributed by atoms with E-state index in [-0.39, 0.29) is 6.04 Å². The minimum atomic E-state index is 0.279. The maximum Gasteiger partial charge on any atom is 0.256 e. The molecule has 0 aromatic carbocycles. The third-order valence-corrected chi connectivity index (χ3v) is 4.61. The van der Waals surface area contributed by atoms with Gasteiger partial charge in [0.2, 0.25) is 0 Å². The first-order valence-corrected chi connectivity index (χ1v) is 9.25. The maximum absolute atomic E-state index is 11.5. The van der Waals surface area contributed by atoms with Gasteiger partial charge in [0.15, 0.2) is 12.0 Å². The number of hydrogen-bond acceptors (Lipinski definition) is 7. The van der Waals surface area contributed by atoms with Gasteiger partial charge in [0, 0.05) is 36.6 Å². The Morgan fingerprint density at radius 3 is 2.62 bits per heavy atom. The third kappa shape index (κ3) is 4.37. The summed E-state index contributed by atoms with van der Waals surface area (Å²) in [5.74, 6) is 0.925. The molecule has 0 amide bonds. The van der Waals surface area contributed by atoms with Crippen LogP contribution in [0.15, 0.2) is 36.8 Å². The molecule has 0 unspecified atom stereocenters. The van der Waals surface area contributed by atoms with Gasteiger partial charge in [-0.2, -0.15) is 5.10 Å². The van der Waals surface area contributed by atoms with Crippen LogP contribution in [-0.2, 0) is 6.54 Å². The topological polar surface area (TPSA) is 82.4 Å². The van der Waals surface area contributed by atoms with Gasteiger partial charge in [-0.3, -0.25) is 14.5 Å². The van der Waals surface area contributed by atoms with Gasteiger partial charge in [-0.1, -0.05) is 0 Å². The molecule has 0 bridgehead atoms. The Morgan fingerprint density at radius 2 is 2.00 bits per heavy atom. The van der Waals surface area contributed by atoms with Crippen LogP contribution in [0.25, 0.3) is 11.3 Å². The van der Waals surface area contributed by atoms with Gasteiger partial charge >= 0.3 is 0 Å². The number of carbonyl (C=O) groups is 1. The average Bonchev–Trinajstić information content (AvgIpc) is 3.24. The van der Waals surface area contributed by atoms with Crippen LogP contribution in [0.5, 0.6) is 11.6 Å². The molecular formula is C21H25N5O3. The zero-order chi connectivity index (χ0) is 21.0. The first-order valence-electron chi connectivity index (χ1n) is 9.25. The van der Waals surface area contributed by atoms with Gasteiger partial charge in [-0.05, 0) is 32.0 Å². The number of rotatable bonds is 8. The molecule has 0 N–H and O–H groups in total. The normalized spacial score (nSPS) is 10.8. The predicted molar refractivity (Wildman–Crippen MR) is 111 cm³/mol. The molecule has 0 saturated heterocycles. The van der Waals surface area contributed by atoms with Gasteiger partial charge in [-0.25, -0.2) is 4.98 Å². The van der Waals surface area contributed by atoms with Crippen molar-refractivity contribution in [3.8, 4) is 22.9 Å². The first-order chi connectivity index (χ1) is 14.0. The van der Waals surface area contributed by atoms with Crippen LogP contribution in [0, 0.1) is 0 Å². The quantitative estimate of drug-likeness (QED) is 0.541. The Labute approximate surface area is 170 Å². The monoisotopic (exact) mass is 395 g/mol. The molecule has 3 heterocycles. The summed E-state index contributed by atoms with van der Waals surface area (Å²) in [7, 11) is 5.05. The van der Waals surface area contributed by atoms with E-state index < -0.39 is 0 Å². The van der Waals surface area contributed by atoms with E-state index in [1.54, 1.807) is 25.4 Å². The molecule has 8 heteroatoms. The highest BCUT2D eigenvalue weighted by atomic mass is 16.5. The summed E-state index contributed by atoms with van der Waals surface area (Å²) in [5, 5.41) is 4.37. The lowest BCUT2D eigenvalue weighted by atomic mass is 10.1. The number of aldehydes is 1. The molecule has 29 heavy (non-hydrogen) atoms. The van der Waals surface area contributed by atoms with Gasteiger partial charge in [0.25, 0.3) is 5.88 Å². The highest BCUT2D eigenvalue weighted by molar-refractivity contribution is 5.78. The third-order valence-electron chi connectivity index (χ3n) is 4.61. The van der Waals surface area contributed by atoms with Crippen molar-refractivity contribution in [3.63, 3.8) is 0 Å². The molecule has 0 aliphatic carbocycles. The highest BCUT2D eigenvalue weighted by Gasteiger charge is 2.14. The summed E-state index contributed by atoms with van der Waals surface area (Å²) < 4.78 is 12.4. The summed E-state index contributed by atoms with van der Waals surface area (Å²) in [6.45, 7) is 4.61. The van der Waals surface area contributed by atoms with Gasteiger partial charge in [0.05, 0.1) is 44.0 Å². The molecule has 0 aliphatic heterocycles. The van der Waals surface area contributed by atoms with Crippen molar-refractivity contribution in [2.75, 3.05) is 26.2 Å². The fraction of sp³-hybridized carbons (Fsp3) is 0.333. The van der Waals surface area contributed by atoms with Crippen molar-refractivity contribution in [2.24, 2.45) is 0 Å². The van der Waals surface area contributed by atoms with E-state index in [1.165, 1.54) is 7.11 Å². The number of nitrogens with zero attached hydrogens (tertiary/aromatic N) is 5. The van der Waals surface area contributed by atoms with Crippen LogP contribution >= 0.6 is 0 Å². The first kappa shape index (κ1) is 20.3. The summed E-state index contributed by atoms with van der Waals surface area (Å²) >= 11 is 0. The molecule has 0 spiro atoms. The van der Waals surface area contributed by atoms with Crippen LogP contribution in [0.3, 0.4) is 0 Å². The van der Waals surface area contributed by atoms with Crippen LogP contribution in [0.2, 0.25) is 0 Å². The molecule has 3 aromatic rings. The Balaban J connectivity index is 1.91. The van der Waals surface area contributed by atoms with E-state index in [2.05, 4.69) is 23.9 Å². The number of hydrogen-bond donors (Lipinski definition) is 0. The van der Waals surface area contributed by atoms with Crippen molar-refractivity contribution < 1.29 is 14.3 Å². The lowest BCUT2D eigenvalue weighted by molar-refractivity contribution is 0.112. The second-order valence-electron chi connectivity index (χ2n) is 6.91. The van der Waals surface area contributed by atoms with E-state index >= 15 is 0 Å². The number of anilines is 1. The van der Waals surface area contributed by atoms with Gasteiger partial charge < -0.3 is 14.4 Å². The molecule has 152 valence electrons. The van der Waals surface area contributed by atoms with Crippen molar-refractivity contribution in [3.05, 3.63) is 48.0 Å². The van der Waals surface area contributed by atoms with Crippen molar-refractivity contribution >= 4 is 12.0 Å². The zero-order valence-electron chi connectivity index (χ0n) is 17.3. The van der Waals surface area contributed by atoms with Crippen LogP contribution in [0.1, 0.15) is 35.9 Å². The van der Waals surface area contributed by atoms with Crippen molar-refractivity contribution in [1.82, 2.24) is 19.7 Å². The smallest absolute Gasteiger partial charge is 0.256 e. The molecule has 8 nitrogen and oxygen atoms in total. The second-order valence-corrected chi connectivity index (χ2v) is 6.91. The lowest BCUT2D eigenvalue weighted by Crippen LogP contribution is -2.18. The lowest BCUT2D eigenvalue weighted by Gasteiger charge is -2.18. The second kappa shape index (κ2) is 8.72. The number of aromatic nitrogens is 4.